The molecular weight excluding hydrogens is 394 g/mol. The van der Waals surface area contributed by atoms with E-state index < -0.39 is 29.4 Å². The fraction of sp³-hybridized carbons (Fsp3) is 0.250. The summed E-state index contributed by atoms with van der Waals surface area (Å²) in [6.45, 7) is -0.0843. The number of esters is 1. The van der Waals surface area contributed by atoms with Crippen molar-refractivity contribution in [1.29, 1.82) is 0 Å². The molecular formula is C20H15F4NO4. The summed E-state index contributed by atoms with van der Waals surface area (Å²) in [6.07, 6.45) is -4.66. The van der Waals surface area contributed by atoms with Crippen LogP contribution in [0.15, 0.2) is 41.6 Å². The molecule has 2 aliphatic rings. The van der Waals surface area contributed by atoms with E-state index in [0.717, 1.165) is 12.1 Å². The normalized spacial score (nSPS) is 18.0. The highest BCUT2D eigenvalue weighted by Crippen LogP contribution is 2.49. The molecule has 0 saturated carbocycles. The minimum atomic E-state index is -4.66. The van der Waals surface area contributed by atoms with Crippen molar-refractivity contribution < 1.29 is 36.6 Å². The van der Waals surface area contributed by atoms with Gasteiger partial charge in [0.1, 0.15) is 12.4 Å². The summed E-state index contributed by atoms with van der Waals surface area (Å²) in [4.78, 5) is 12.4. The molecule has 0 fully saturated rings. The second-order valence-electron chi connectivity index (χ2n) is 6.55. The van der Waals surface area contributed by atoms with Crippen LogP contribution in [0.25, 0.3) is 0 Å². The van der Waals surface area contributed by atoms with Gasteiger partial charge in [-0.3, -0.25) is 0 Å². The maximum absolute atomic E-state index is 14.7. The van der Waals surface area contributed by atoms with Crippen LogP contribution in [0, 0.1) is 5.82 Å². The zero-order valence-corrected chi connectivity index (χ0v) is 15.3. The number of ether oxygens (including phenoxy) is 3. The van der Waals surface area contributed by atoms with E-state index in [1.165, 1.54) is 20.3 Å². The van der Waals surface area contributed by atoms with Gasteiger partial charge in [-0.15, -0.1) is 0 Å². The Bertz CT molecular complexity index is 1050. The molecule has 5 nitrogen and oxygen atoms in total. The van der Waals surface area contributed by atoms with E-state index in [1.54, 1.807) is 6.07 Å². The van der Waals surface area contributed by atoms with Crippen LogP contribution in [-0.2, 0) is 15.7 Å². The van der Waals surface area contributed by atoms with Crippen LogP contribution in [0.5, 0.6) is 11.5 Å². The van der Waals surface area contributed by atoms with Gasteiger partial charge in [0.2, 0.25) is 0 Å². The standard InChI is InChI=1S/C20H15F4NO4/c1-27-15-6-11-13(7-16(15)28-2)25-14-8-29-19(26)18(14)17(11)10-5-9(20(22,23)24)3-4-12(10)21/h3-7,17,25H,8H2,1-2H3. The van der Waals surface area contributed by atoms with Gasteiger partial charge >= 0.3 is 12.1 Å². The molecule has 0 saturated heterocycles. The van der Waals surface area contributed by atoms with Gasteiger partial charge < -0.3 is 19.5 Å². The quantitative estimate of drug-likeness (QED) is 0.608. The summed E-state index contributed by atoms with van der Waals surface area (Å²) in [7, 11) is 2.83. The number of nitrogens with one attached hydrogen (secondary N) is 1. The van der Waals surface area contributed by atoms with Gasteiger partial charge in [-0.05, 0) is 29.8 Å². The van der Waals surface area contributed by atoms with E-state index in [4.69, 9.17) is 14.2 Å². The molecule has 2 aromatic rings. The van der Waals surface area contributed by atoms with Crippen LogP contribution in [0.1, 0.15) is 22.6 Å². The van der Waals surface area contributed by atoms with E-state index >= 15 is 0 Å². The molecule has 0 spiro atoms. The predicted octanol–water partition coefficient (Wildman–Crippen LogP) is 4.23. The third-order valence-electron chi connectivity index (χ3n) is 4.97. The van der Waals surface area contributed by atoms with Gasteiger partial charge in [-0.25, -0.2) is 9.18 Å². The Balaban J connectivity index is 1.98. The van der Waals surface area contributed by atoms with E-state index in [0.29, 0.717) is 34.5 Å². The number of hydrogen-bond acceptors (Lipinski definition) is 5. The first-order valence-electron chi connectivity index (χ1n) is 8.54. The number of rotatable bonds is 3. The SMILES string of the molecule is COc1cc2c(cc1OC)C(c1cc(C(F)(F)F)ccc1F)C1=C(COC1=O)N2. The molecule has 1 atom stereocenters. The highest BCUT2D eigenvalue weighted by molar-refractivity contribution is 5.97. The van der Waals surface area contributed by atoms with Crippen LogP contribution in [0.4, 0.5) is 23.2 Å². The number of alkyl halides is 3. The molecule has 2 aromatic carbocycles. The summed E-state index contributed by atoms with van der Waals surface area (Å²) in [6, 6.07) is 5.24. The Kier molecular flexibility index (Phi) is 4.40. The van der Waals surface area contributed by atoms with Crippen LogP contribution in [0.3, 0.4) is 0 Å². The highest BCUT2D eigenvalue weighted by atomic mass is 19.4. The molecule has 1 unspecified atom stereocenters. The summed E-state index contributed by atoms with van der Waals surface area (Å²) in [5, 5.41) is 3.03. The van der Waals surface area contributed by atoms with Crippen LogP contribution >= 0.6 is 0 Å². The number of methoxy groups -OCH3 is 2. The summed E-state index contributed by atoms with van der Waals surface area (Å²) >= 11 is 0. The Hall–Kier alpha value is -3.23. The van der Waals surface area contributed by atoms with Crippen molar-refractivity contribution in [3.63, 3.8) is 0 Å². The Morgan fingerprint density at radius 1 is 1.07 bits per heavy atom. The first kappa shape index (κ1) is 19.1. The zero-order valence-electron chi connectivity index (χ0n) is 15.3. The third-order valence-corrected chi connectivity index (χ3v) is 4.97. The summed E-state index contributed by atoms with van der Waals surface area (Å²) in [5.74, 6) is -2.01. The van der Waals surface area contributed by atoms with Crippen LogP contribution in [-0.4, -0.2) is 26.8 Å². The summed E-state index contributed by atoms with van der Waals surface area (Å²) in [5.41, 5.74) is -0.0106. The molecule has 9 heteroatoms. The summed E-state index contributed by atoms with van der Waals surface area (Å²) < 4.78 is 70.1. The lowest BCUT2D eigenvalue weighted by atomic mass is 9.80. The number of carbonyl (C=O) groups excluding carboxylic acids is 1. The number of benzene rings is 2. The van der Waals surface area contributed by atoms with Crippen LogP contribution < -0.4 is 14.8 Å². The lowest BCUT2D eigenvalue weighted by molar-refractivity contribution is -0.137. The smallest absolute Gasteiger partial charge is 0.416 e. The van der Waals surface area contributed by atoms with E-state index in [1.807, 2.05) is 0 Å². The maximum atomic E-state index is 14.7. The minimum Gasteiger partial charge on any atom is -0.493 e. The number of cyclic esters (lactones) is 1. The third kappa shape index (κ3) is 3.06. The van der Waals surface area contributed by atoms with Crippen molar-refractivity contribution in [1.82, 2.24) is 0 Å². The number of halogens is 4. The molecule has 2 aliphatic heterocycles. The molecule has 0 amide bonds. The number of hydrogen-bond donors (Lipinski definition) is 1. The maximum Gasteiger partial charge on any atom is 0.416 e. The van der Waals surface area contributed by atoms with Gasteiger partial charge in [0.25, 0.3) is 0 Å². The fourth-order valence-electron chi connectivity index (χ4n) is 3.64. The Morgan fingerprint density at radius 2 is 1.76 bits per heavy atom. The van der Waals surface area contributed by atoms with Gasteiger partial charge in [-0.2, -0.15) is 13.2 Å². The molecule has 0 radical (unpaired) electrons. The first-order chi connectivity index (χ1) is 13.7. The monoisotopic (exact) mass is 409 g/mol. The Labute approximate surface area is 162 Å². The lowest BCUT2D eigenvalue weighted by Gasteiger charge is -2.29. The van der Waals surface area contributed by atoms with Crippen molar-refractivity contribution in [2.45, 2.75) is 12.1 Å². The zero-order chi connectivity index (χ0) is 20.9. The van der Waals surface area contributed by atoms with Gasteiger partial charge in [0.05, 0.1) is 31.1 Å². The van der Waals surface area contributed by atoms with Gasteiger partial charge in [-0.1, -0.05) is 0 Å². The Morgan fingerprint density at radius 3 is 2.41 bits per heavy atom. The predicted molar refractivity (Wildman–Crippen MR) is 94.4 cm³/mol. The highest BCUT2D eigenvalue weighted by Gasteiger charge is 2.41. The van der Waals surface area contributed by atoms with E-state index in [-0.39, 0.29) is 17.7 Å². The first-order valence-corrected chi connectivity index (χ1v) is 8.54. The van der Waals surface area contributed by atoms with E-state index in [2.05, 4.69) is 5.32 Å². The number of carbonyl (C=O) groups is 1. The van der Waals surface area contributed by atoms with Crippen LogP contribution in [0.2, 0.25) is 0 Å². The van der Waals surface area contributed by atoms with Crippen molar-refractivity contribution in [2.24, 2.45) is 0 Å². The largest absolute Gasteiger partial charge is 0.493 e. The van der Waals surface area contributed by atoms with Crippen molar-refractivity contribution in [3.8, 4) is 11.5 Å². The average Bonchev–Trinajstić information content (AvgIpc) is 3.05. The lowest BCUT2D eigenvalue weighted by Crippen LogP contribution is -2.21. The van der Waals surface area contributed by atoms with Crippen molar-refractivity contribution in [2.75, 3.05) is 26.1 Å². The minimum absolute atomic E-state index is 0.0722. The van der Waals surface area contributed by atoms with E-state index in [9.17, 15) is 22.4 Å². The average molecular weight is 409 g/mol. The second kappa shape index (κ2) is 6.68. The molecule has 0 aromatic heterocycles. The molecule has 1 N–H and O–H groups in total. The van der Waals surface area contributed by atoms with Gasteiger partial charge in [0, 0.05) is 23.2 Å². The molecule has 4 rings (SSSR count). The van der Waals surface area contributed by atoms with Gasteiger partial charge in [0.15, 0.2) is 11.5 Å². The number of fused-ring (bicyclic) bond motifs is 1. The molecule has 152 valence electrons. The topological polar surface area (TPSA) is 56.8 Å². The molecule has 29 heavy (non-hydrogen) atoms. The fourth-order valence-corrected chi connectivity index (χ4v) is 3.64. The number of anilines is 1. The van der Waals surface area contributed by atoms with Crippen molar-refractivity contribution >= 4 is 11.7 Å². The van der Waals surface area contributed by atoms with Crippen molar-refractivity contribution in [3.05, 3.63) is 64.1 Å². The molecule has 0 aliphatic carbocycles. The molecule has 0 bridgehead atoms. The second-order valence-corrected chi connectivity index (χ2v) is 6.55. The molecule has 2 heterocycles.